The average Bonchev–Trinajstić information content (AvgIpc) is 2.35. The molecule has 0 radical (unpaired) electrons. The number of ether oxygens (including phenoxy) is 1. The van der Waals surface area contributed by atoms with Crippen molar-refractivity contribution in [2.24, 2.45) is 0 Å². The molecule has 0 bridgehead atoms. The van der Waals surface area contributed by atoms with Crippen LogP contribution >= 0.6 is 0 Å². The Bertz CT molecular complexity index is 664. The number of fused-ring (bicyclic) bond motifs is 1. The molecule has 0 aliphatic carbocycles. The molecule has 2 rings (SSSR count). The van der Waals surface area contributed by atoms with Crippen LogP contribution < -0.4 is 4.74 Å². The Morgan fingerprint density at radius 2 is 2.28 bits per heavy atom. The molecule has 1 aromatic heterocycles. The van der Waals surface area contributed by atoms with Crippen molar-refractivity contribution in [1.29, 1.82) is 5.26 Å². The smallest absolute Gasteiger partial charge is 0.354 e. The Morgan fingerprint density at radius 1 is 1.50 bits per heavy atom. The predicted octanol–water partition coefficient (Wildman–Crippen LogP) is 1.97. The highest BCUT2D eigenvalue weighted by Crippen LogP contribution is 2.26. The number of carboxylic acid groups (broad SMARTS) is 1. The summed E-state index contributed by atoms with van der Waals surface area (Å²) in [6.45, 7) is -0.255. The van der Waals surface area contributed by atoms with E-state index >= 15 is 0 Å². The van der Waals surface area contributed by atoms with Gasteiger partial charge in [-0.25, -0.2) is 14.2 Å². The number of rotatable bonds is 3. The molecule has 0 amide bonds. The third-order valence-corrected chi connectivity index (χ3v) is 2.24. The summed E-state index contributed by atoms with van der Waals surface area (Å²) in [4.78, 5) is 14.7. The van der Waals surface area contributed by atoms with Crippen molar-refractivity contribution in [2.45, 2.75) is 0 Å². The number of aromatic carboxylic acids is 1. The van der Waals surface area contributed by atoms with E-state index in [0.717, 1.165) is 0 Å². The fourth-order valence-corrected chi connectivity index (χ4v) is 1.51. The van der Waals surface area contributed by atoms with Crippen LogP contribution in [0.5, 0.6) is 5.75 Å². The Balaban J connectivity index is 2.65. The summed E-state index contributed by atoms with van der Waals surface area (Å²) < 4.78 is 18.2. The van der Waals surface area contributed by atoms with Crippen LogP contribution in [0.4, 0.5) is 4.39 Å². The number of hydrogen-bond acceptors (Lipinski definition) is 4. The minimum Gasteiger partial charge on any atom is -0.478 e. The Kier molecular flexibility index (Phi) is 3.06. The van der Waals surface area contributed by atoms with Crippen molar-refractivity contribution in [3.63, 3.8) is 0 Å². The molecule has 0 aliphatic rings. The van der Waals surface area contributed by atoms with Gasteiger partial charge < -0.3 is 9.84 Å². The van der Waals surface area contributed by atoms with Gasteiger partial charge in [-0.1, -0.05) is 0 Å². The molecule has 5 nitrogen and oxygen atoms in total. The number of hydrogen-bond donors (Lipinski definition) is 1. The van der Waals surface area contributed by atoms with E-state index in [1.54, 1.807) is 6.07 Å². The summed E-state index contributed by atoms with van der Waals surface area (Å²) in [7, 11) is 0. The maximum atomic E-state index is 13.1. The average molecular weight is 246 g/mol. The van der Waals surface area contributed by atoms with Gasteiger partial charge in [-0.15, -0.1) is 0 Å². The first-order valence-electron chi connectivity index (χ1n) is 4.95. The monoisotopic (exact) mass is 246 g/mol. The summed E-state index contributed by atoms with van der Waals surface area (Å²) in [5.41, 5.74) is 0.0753. The van der Waals surface area contributed by atoms with E-state index in [9.17, 15) is 9.18 Å². The number of halogens is 1. The van der Waals surface area contributed by atoms with Gasteiger partial charge in [0.25, 0.3) is 0 Å². The van der Waals surface area contributed by atoms with Crippen LogP contribution in [0.25, 0.3) is 10.9 Å². The van der Waals surface area contributed by atoms with Crippen LogP contribution in [0.15, 0.2) is 24.3 Å². The van der Waals surface area contributed by atoms with Crippen LogP contribution in [0.2, 0.25) is 0 Å². The molecule has 0 atom stereocenters. The summed E-state index contributed by atoms with van der Waals surface area (Å²) in [5, 5.41) is 17.7. The standard InChI is InChI=1S/C12H7FN2O3/c13-7-1-2-9-8(5-7)11(18-4-3-14)6-10(15-9)12(16)17/h1-2,5-6H,4H2,(H,16,17). The van der Waals surface area contributed by atoms with Gasteiger partial charge >= 0.3 is 5.97 Å². The Labute approximate surface area is 101 Å². The maximum Gasteiger partial charge on any atom is 0.354 e. The van der Waals surface area contributed by atoms with Crippen molar-refractivity contribution >= 4 is 16.9 Å². The number of nitrogens with zero attached hydrogens (tertiary/aromatic N) is 2. The van der Waals surface area contributed by atoms with E-state index in [2.05, 4.69) is 4.98 Å². The van der Waals surface area contributed by atoms with Crippen molar-refractivity contribution in [2.75, 3.05) is 6.61 Å². The minimum atomic E-state index is -1.22. The van der Waals surface area contributed by atoms with E-state index in [1.165, 1.54) is 24.3 Å². The molecule has 0 spiro atoms. The van der Waals surface area contributed by atoms with E-state index < -0.39 is 11.8 Å². The van der Waals surface area contributed by atoms with Crippen LogP contribution in [0.1, 0.15) is 10.5 Å². The van der Waals surface area contributed by atoms with Crippen LogP contribution in [0, 0.1) is 17.1 Å². The first kappa shape index (κ1) is 11.8. The molecule has 0 saturated heterocycles. The zero-order valence-corrected chi connectivity index (χ0v) is 9.05. The van der Waals surface area contributed by atoms with Gasteiger partial charge in [-0.2, -0.15) is 5.26 Å². The summed E-state index contributed by atoms with van der Waals surface area (Å²) in [5.74, 6) is -1.59. The van der Waals surface area contributed by atoms with Gasteiger partial charge in [0.2, 0.25) is 0 Å². The Morgan fingerprint density at radius 3 is 2.94 bits per heavy atom. The molecule has 0 aliphatic heterocycles. The minimum absolute atomic E-state index is 0.124. The highest BCUT2D eigenvalue weighted by molar-refractivity contribution is 5.93. The zero-order valence-electron chi connectivity index (χ0n) is 9.05. The van der Waals surface area contributed by atoms with E-state index in [0.29, 0.717) is 10.9 Å². The first-order valence-corrected chi connectivity index (χ1v) is 4.95. The van der Waals surface area contributed by atoms with E-state index in [-0.39, 0.29) is 18.1 Å². The van der Waals surface area contributed by atoms with Gasteiger partial charge in [0, 0.05) is 11.5 Å². The number of carbonyl (C=O) groups is 1. The lowest BCUT2D eigenvalue weighted by Gasteiger charge is -2.07. The second kappa shape index (κ2) is 4.67. The fourth-order valence-electron chi connectivity index (χ4n) is 1.51. The fraction of sp³-hybridized carbons (Fsp3) is 0.0833. The number of benzene rings is 1. The predicted molar refractivity (Wildman–Crippen MR) is 59.8 cm³/mol. The third-order valence-electron chi connectivity index (χ3n) is 2.24. The molecule has 90 valence electrons. The normalized spacial score (nSPS) is 10.0. The first-order chi connectivity index (χ1) is 8.61. The number of aromatic nitrogens is 1. The molecular formula is C12H7FN2O3. The molecule has 1 aromatic carbocycles. The van der Waals surface area contributed by atoms with Gasteiger partial charge in [-0.05, 0) is 18.2 Å². The van der Waals surface area contributed by atoms with Gasteiger partial charge in [0.05, 0.1) is 5.52 Å². The molecule has 0 saturated carbocycles. The second-order valence-corrected chi connectivity index (χ2v) is 3.42. The largest absolute Gasteiger partial charge is 0.478 e. The van der Waals surface area contributed by atoms with Crippen molar-refractivity contribution in [3.8, 4) is 11.8 Å². The van der Waals surface area contributed by atoms with Crippen molar-refractivity contribution < 1.29 is 19.0 Å². The number of nitriles is 1. The molecule has 2 aromatic rings. The van der Waals surface area contributed by atoms with Crippen LogP contribution in [-0.2, 0) is 0 Å². The molecule has 0 unspecified atom stereocenters. The second-order valence-electron chi connectivity index (χ2n) is 3.42. The molecule has 6 heteroatoms. The van der Waals surface area contributed by atoms with Gasteiger partial charge in [-0.3, -0.25) is 0 Å². The number of pyridine rings is 1. The SMILES string of the molecule is N#CCOc1cc(C(=O)O)nc2ccc(F)cc12. The highest BCUT2D eigenvalue weighted by atomic mass is 19.1. The third kappa shape index (κ3) is 2.20. The maximum absolute atomic E-state index is 13.1. The lowest BCUT2D eigenvalue weighted by atomic mass is 10.1. The molecule has 18 heavy (non-hydrogen) atoms. The van der Waals surface area contributed by atoms with Gasteiger partial charge in [0.15, 0.2) is 12.3 Å². The lowest BCUT2D eigenvalue weighted by Crippen LogP contribution is -2.03. The summed E-state index contributed by atoms with van der Waals surface area (Å²) in [6.07, 6.45) is 0. The molecule has 0 fully saturated rings. The Hall–Kier alpha value is -2.68. The van der Waals surface area contributed by atoms with Crippen LogP contribution in [-0.4, -0.2) is 22.7 Å². The molecular weight excluding hydrogens is 239 g/mol. The quantitative estimate of drug-likeness (QED) is 0.895. The van der Waals surface area contributed by atoms with Crippen molar-refractivity contribution in [3.05, 3.63) is 35.8 Å². The van der Waals surface area contributed by atoms with E-state index in [4.69, 9.17) is 15.1 Å². The van der Waals surface area contributed by atoms with E-state index in [1.807, 2.05) is 0 Å². The number of carboxylic acids is 1. The summed E-state index contributed by atoms with van der Waals surface area (Å²) in [6, 6.07) is 6.64. The topological polar surface area (TPSA) is 83.2 Å². The molecule has 1 N–H and O–H groups in total. The van der Waals surface area contributed by atoms with Gasteiger partial charge in [0.1, 0.15) is 17.6 Å². The molecule has 1 heterocycles. The van der Waals surface area contributed by atoms with Crippen molar-refractivity contribution in [1.82, 2.24) is 4.98 Å². The summed E-state index contributed by atoms with van der Waals surface area (Å²) >= 11 is 0. The highest BCUT2D eigenvalue weighted by Gasteiger charge is 2.12. The lowest BCUT2D eigenvalue weighted by molar-refractivity contribution is 0.0690. The van der Waals surface area contributed by atoms with Crippen LogP contribution in [0.3, 0.4) is 0 Å². The zero-order chi connectivity index (χ0) is 13.1.